The van der Waals surface area contributed by atoms with E-state index in [1.54, 1.807) is 32.2 Å². The molecule has 5 N–H and O–H groups in total. The Balaban J connectivity index is 1.88. The Bertz CT molecular complexity index is 1260. The van der Waals surface area contributed by atoms with E-state index in [0.717, 1.165) is 11.8 Å². The summed E-state index contributed by atoms with van der Waals surface area (Å²) in [5.74, 6) is 0.122. The summed E-state index contributed by atoms with van der Waals surface area (Å²) in [7, 11) is 0. The number of allylic oxidation sites excluding steroid dienone is 1. The minimum absolute atomic E-state index is 0.108. The molecule has 1 aliphatic heterocycles. The number of amides is 1. The van der Waals surface area contributed by atoms with E-state index < -0.39 is 11.3 Å². The zero-order chi connectivity index (χ0) is 25.6. The van der Waals surface area contributed by atoms with Gasteiger partial charge in [-0.2, -0.15) is 10.5 Å². The molecule has 1 saturated heterocycles. The maximum Gasteiger partial charge on any atom is 0.257 e. The molecule has 2 aromatic heterocycles. The van der Waals surface area contributed by atoms with Crippen molar-refractivity contribution in [1.82, 2.24) is 9.97 Å². The van der Waals surface area contributed by atoms with Crippen LogP contribution in [0.1, 0.15) is 25.1 Å². The Morgan fingerprint density at radius 1 is 1.23 bits per heavy atom. The van der Waals surface area contributed by atoms with Crippen LogP contribution in [0.25, 0.3) is 11.1 Å². The number of nitrogens with zero attached hydrogens (tertiary/aromatic N) is 5. The van der Waals surface area contributed by atoms with Crippen LogP contribution < -0.4 is 21.7 Å². The number of anilines is 2. The number of nitrogens with two attached hydrogens (primary N) is 2. The van der Waals surface area contributed by atoms with Crippen molar-refractivity contribution in [2.75, 3.05) is 36.5 Å². The zero-order valence-corrected chi connectivity index (χ0v) is 20.0. The molecule has 3 rings (SSSR count). The summed E-state index contributed by atoms with van der Waals surface area (Å²) in [6, 6.07) is 7.84. The van der Waals surface area contributed by atoms with Crippen LogP contribution in [0.3, 0.4) is 0 Å². The first-order valence-electron chi connectivity index (χ1n) is 11.0. The normalized spacial score (nSPS) is 14.7. The van der Waals surface area contributed by atoms with Crippen molar-refractivity contribution < 1.29 is 9.53 Å². The van der Waals surface area contributed by atoms with E-state index in [4.69, 9.17) is 16.2 Å². The van der Waals surface area contributed by atoms with Crippen molar-refractivity contribution >= 4 is 17.4 Å². The molecule has 0 saturated carbocycles. The lowest BCUT2D eigenvalue weighted by molar-refractivity contribution is -0.112. The fraction of sp³-hybridized carbons (Fsp3) is 0.320. The van der Waals surface area contributed by atoms with Crippen molar-refractivity contribution in [1.29, 1.82) is 10.5 Å². The Kier molecular flexibility index (Phi) is 7.69. The third-order valence-electron chi connectivity index (χ3n) is 5.71. The van der Waals surface area contributed by atoms with E-state index in [-0.39, 0.29) is 11.3 Å². The van der Waals surface area contributed by atoms with E-state index >= 15 is 0 Å². The second-order valence-electron chi connectivity index (χ2n) is 8.58. The van der Waals surface area contributed by atoms with Crippen molar-refractivity contribution in [3.8, 4) is 23.3 Å². The second-order valence-corrected chi connectivity index (χ2v) is 8.58. The number of pyridine rings is 2. The topological polar surface area (TPSA) is 167 Å². The molecule has 0 spiro atoms. The van der Waals surface area contributed by atoms with Gasteiger partial charge in [-0.05, 0) is 39.0 Å². The maximum absolute atomic E-state index is 12.8. The Labute approximate surface area is 204 Å². The Morgan fingerprint density at radius 3 is 2.57 bits per heavy atom. The molecule has 10 nitrogen and oxygen atoms in total. The lowest BCUT2D eigenvalue weighted by atomic mass is 9.90. The highest BCUT2D eigenvalue weighted by Crippen LogP contribution is 2.29. The molecule has 0 aliphatic carbocycles. The molecule has 0 aromatic carbocycles. The zero-order valence-electron chi connectivity index (χ0n) is 20.0. The molecule has 0 bridgehead atoms. The number of hydrogen-bond acceptors (Lipinski definition) is 9. The van der Waals surface area contributed by atoms with Gasteiger partial charge in [0.2, 0.25) is 0 Å². The average molecular weight is 473 g/mol. The number of morpholine rings is 1. The number of aryl methyl sites for hydroxylation is 1. The van der Waals surface area contributed by atoms with Crippen LogP contribution >= 0.6 is 0 Å². The first kappa shape index (κ1) is 25.2. The third-order valence-corrected chi connectivity index (χ3v) is 5.71. The van der Waals surface area contributed by atoms with Gasteiger partial charge >= 0.3 is 0 Å². The predicted octanol–water partition coefficient (Wildman–Crippen LogP) is 2.33. The number of nitrogens with one attached hydrogen (secondary N) is 1. The number of aromatic nitrogens is 2. The van der Waals surface area contributed by atoms with E-state index in [2.05, 4.69) is 27.4 Å². The van der Waals surface area contributed by atoms with Crippen LogP contribution in [0, 0.1) is 35.0 Å². The quantitative estimate of drug-likeness (QED) is 0.422. The van der Waals surface area contributed by atoms with Gasteiger partial charge in [0, 0.05) is 48.0 Å². The van der Waals surface area contributed by atoms with Gasteiger partial charge in [-0.1, -0.05) is 0 Å². The molecule has 180 valence electrons. The maximum atomic E-state index is 12.8. The van der Waals surface area contributed by atoms with E-state index in [1.165, 1.54) is 12.3 Å². The van der Waals surface area contributed by atoms with Crippen molar-refractivity contribution in [3.05, 3.63) is 59.3 Å². The Morgan fingerprint density at radius 2 is 1.94 bits per heavy atom. The highest BCUT2D eigenvalue weighted by atomic mass is 16.5. The summed E-state index contributed by atoms with van der Waals surface area (Å²) in [6.07, 6.45) is 5.73. The van der Waals surface area contributed by atoms with Gasteiger partial charge in [0.15, 0.2) is 0 Å². The number of carbonyl (C=O) groups is 1. The van der Waals surface area contributed by atoms with Crippen LogP contribution in [0.15, 0.2) is 48.1 Å². The molecule has 0 unspecified atom stereocenters. The lowest BCUT2D eigenvalue weighted by Crippen LogP contribution is -2.37. The predicted molar refractivity (Wildman–Crippen MR) is 133 cm³/mol. The van der Waals surface area contributed by atoms with Gasteiger partial charge < -0.3 is 26.4 Å². The number of nitriles is 2. The van der Waals surface area contributed by atoms with Crippen molar-refractivity contribution in [3.63, 3.8) is 0 Å². The summed E-state index contributed by atoms with van der Waals surface area (Å²) in [4.78, 5) is 23.8. The molecule has 3 heterocycles. The van der Waals surface area contributed by atoms with E-state index in [1.807, 2.05) is 11.8 Å². The van der Waals surface area contributed by atoms with Crippen LogP contribution in [0.4, 0.5) is 11.5 Å². The fourth-order valence-electron chi connectivity index (χ4n) is 3.41. The molecule has 1 amide bonds. The molecule has 1 aliphatic rings. The summed E-state index contributed by atoms with van der Waals surface area (Å²) >= 11 is 0. The minimum Gasteiger partial charge on any atom is -0.404 e. The lowest BCUT2D eigenvalue weighted by Gasteiger charge is -2.28. The summed E-state index contributed by atoms with van der Waals surface area (Å²) < 4.78 is 5.38. The first-order chi connectivity index (χ1) is 16.7. The summed E-state index contributed by atoms with van der Waals surface area (Å²) in [5.41, 5.74) is 14.0. The standard InChI is InChI=1S/C25H28N8O2/c1-16-21(19-8-17(11-26)23(31-13-19)33-4-6-35-7-5-33)10-20(14-30-16)32-24(34)18(12-27)9-22(29)25(2,3)15-28/h8-10,12-14H,4-7,27,29H2,1-3H3,(H,32,34)/b18-12+,22-9-. The highest BCUT2D eigenvalue weighted by molar-refractivity contribution is 6.06. The Hall–Kier alpha value is -4.41. The summed E-state index contributed by atoms with van der Waals surface area (Å²) in [6.45, 7) is 7.65. The molecular weight excluding hydrogens is 444 g/mol. The number of rotatable bonds is 6. The van der Waals surface area contributed by atoms with Gasteiger partial charge in [-0.3, -0.25) is 9.78 Å². The molecule has 1 fully saturated rings. The smallest absolute Gasteiger partial charge is 0.257 e. The van der Waals surface area contributed by atoms with Crippen LogP contribution in [-0.4, -0.2) is 42.2 Å². The highest BCUT2D eigenvalue weighted by Gasteiger charge is 2.22. The fourth-order valence-corrected chi connectivity index (χ4v) is 3.41. The molecule has 0 atom stereocenters. The van der Waals surface area contributed by atoms with E-state index in [0.29, 0.717) is 54.6 Å². The number of carbonyl (C=O) groups excluding carboxylic acids is 1. The van der Waals surface area contributed by atoms with Gasteiger partial charge in [0.25, 0.3) is 5.91 Å². The molecule has 10 heteroatoms. The van der Waals surface area contributed by atoms with Gasteiger partial charge in [-0.15, -0.1) is 0 Å². The van der Waals surface area contributed by atoms with Crippen LogP contribution in [0.2, 0.25) is 0 Å². The minimum atomic E-state index is -0.952. The molecule has 2 aromatic rings. The molecule has 0 radical (unpaired) electrons. The third kappa shape index (κ3) is 5.75. The number of hydrogen-bond donors (Lipinski definition) is 3. The van der Waals surface area contributed by atoms with Crippen LogP contribution in [-0.2, 0) is 9.53 Å². The van der Waals surface area contributed by atoms with Gasteiger partial charge in [0.05, 0.1) is 47.7 Å². The SMILES string of the molecule is Cc1ncc(NC(=O)C(/C=C(\N)C(C)(C)C#N)=C/N)cc1-c1cnc(N2CCOCC2)c(C#N)c1. The first-order valence-corrected chi connectivity index (χ1v) is 11.0. The van der Waals surface area contributed by atoms with E-state index in [9.17, 15) is 15.3 Å². The van der Waals surface area contributed by atoms with Gasteiger partial charge in [0.1, 0.15) is 11.9 Å². The molecular formula is C25H28N8O2. The number of ether oxygens (including phenoxy) is 1. The average Bonchev–Trinajstić information content (AvgIpc) is 2.88. The molecule has 35 heavy (non-hydrogen) atoms. The monoisotopic (exact) mass is 472 g/mol. The summed E-state index contributed by atoms with van der Waals surface area (Å²) in [5, 5.41) is 21.7. The van der Waals surface area contributed by atoms with Crippen molar-refractivity contribution in [2.45, 2.75) is 20.8 Å². The van der Waals surface area contributed by atoms with Crippen molar-refractivity contribution in [2.24, 2.45) is 16.9 Å². The second kappa shape index (κ2) is 10.7. The largest absolute Gasteiger partial charge is 0.404 e. The van der Waals surface area contributed by atoms with Gasteiger partial charge in [-0.25, -0.2) is 4.98 Å². The van der Waals surface area contributed by atoms with Crippen LogP contribution in [0.5, 0.6) is 0 Å².